The first-order valence-corrected chi connectivity index (χ1v) is 8.11. The van der Waals surface area contributed by atoms with Crippen molar-refractivity contribution in [3.63, 3.8) is 0 Å². The maximum absolute atomic E-state index is 12.1. The largest absolute Gasteiger partial charge is 0.218 e. The molecule has 0 N–H and O–H groups in total. The smallest absolute Gasteiger partial charge is 0.212 e. The highest BCUT2D eigenvalue weighted by atomic mass is 35.5. The molecular weight excluding hydrogens is 293 g/mol. The Labute approximate surface area is 119 Å². The standard InChI is InChI=1S/C12H17Cl2NO2S/c1-3-4-7-15(2)18(16,17)9-10-5-6-11(13)12(14)8-10/h5-6,8H,3-4,7,9H2,1-2H3. The van der Waals surface area contributed by atoms with E-state index in [1.54, 1.807) is 25.2 Å². The molecule has 0 fully saturated rings. The van der Waals surface area contributed by atoms with Crippen LogP contribution in [0.1, 0.15) is 25.3 Å². The number of sulfonamides is 1. The summed E-state index contributed by atoms with van der Waals surface area (Å²) in [6.07, 6.45) is 1.82. The molecule has 0 aliphatic carbocycles. The monoisotopic (exact) mass is 309 g/mol. The third kappa shape index (κ3) is 4.43. The summed E-state index contributed by atoms with van der Waals surface area (Å²) in [6, 6.07) is 4.88. The Kier molecular flexibility index (Phi) is 5.92. The van der Waals surface area contributed by atoms with Gasteiger partial charge in [0.2, 0.25) is 10.0 Å². The fourth-order valence-corrected chi connectivity index (χ4v) is 3.02. The lowest BCUT2D eigenvalue weighted by atomic mass is 10.2. The zero-order valence-electron chi connectivity index (χ0n) is 10.5. The quantitative estimate of drug-likeness (QED) is 0.806. The molecule has 0 aromatic heterocycles. The molecule has 0 aliphatic heterocycles. The molecule has 1 aromatic carbocycles. The molecule has 102 valence electrons. The molecule has 1 rings (SSSR count). The molecule has 0 heterocycles. The number of unbranched alkanes of at least 4 members (excludes halogenated alkanes) is 1. The first kappa shape index (κ1) is 15.8. The van der Waals surface area contributed by atoms with E-state index >= 15 is 0 Å². The minimum absolute atomic E-state index is 0.0515. The Balaban J connectivity index is 2.78. The van der Waals surface area contributed by atoms with Crippen molar-refractivity contribution in [2.24, 2.45) is 0 Å². The maximum Gasteiger partial charge on any atom is 0.218 e. The van der Waals surface area contributed by atoms with Crippen LogP contribution in [0, 0.1) is 0 Å². The van der Waals surface area contributed by atoms with E-state index < -0.39 is 10.0 Å². The molecule has 0 spiro atoms. The van der Waals surface area contributed by atoms with Gasteiger partial charge in [-0.25, -0.2) is 12.7 Å². The summed E-state index contributed by atoms with van der Waals surface area (Å²) in [7, 11) is -1.68. The van der Waals surface area contributed by atoms with Crippen molar-refractivity contribution in [1.29, 1.82) is 0 Å². The zero-order valence-corrected chi connectivity index (χ0v) is 12.8. The van der Waals surface area contributed by atoms with Gasteiger partial charge in [0.15, 0.2) is 0 Å². The van der Waals surface area contributed by atoms with Crippen LogP contribution in [-0.2, 0) is 15.8 Å². The Morgan fingerprint density at radius 3 is 2.44 bits per heavy atom. The first-order valence-electron chi connectivity index (χ1n) is 5.74. The molecule has 0 unspecified atom stereocenters. The van der Waals surface area contributed by atoms with Crippen LogP contribution >= 0.6 is 23.2 Å². The van der Waals surface area contributed by atoms with E-state index in [1.807, 2.05) is 6.92 Å². The molecule has 0 atom stereocenters. The Bertz CT molecular complexity index is 503. The van der Waals surface area contributed by atoms with Crippen molar-refractivity contribution in [2.45, 2.75) is 25.5 Å². The Morgan fingerprint density at radius 2 is 1.89 bits per heavy atom. The fourth-order valence-electron chi connectivity index (χ4n) is 1.47. The molecule has 0 radical (unpaired) electrons. The molecular formula is C12H17Cl2NO2S. The predicted molar refractivity (Wildman–Crippen MR) is 76.6 cm³/mol. The lowest BCUT2D eigenvalue weighted by molar-refractivity contribution is 0.458. The van der Waals surface area contributed by atoms with Crippen LogP contribution in [-0.4, -0.2) is 26.3 Å². The predicted octanol–water partition coefficient (Wildman–Crippen LogP) is 3.56. The van der Waals surface area contributed by atoms with Crippen molar-refractivity contribution in [1.82, 2.24) is 4.31 Å². The van der Waals surface area contributed by atoms with Crippen LogP contribution < -0.4 is 0 Å². The summed E-state index contributed by atoms with van der Waals surface area (Å²) in [6.45, 7) is 2.57. The van der Waals surface area contributed by atoms with E-state index in [2.05, 4.69) is 0 Å². The highest BCUT2D eigenvalue weighted by Crippen LogP contribution is 2.23. The number of hydrogen-bond acceptors (Lipinski definition) is 2. The summed E-state index contributed by atoms with van der Waals surface area (Å²) >= 11 is 11.7. The van der Waals surface area contributed by atoms with Crippen LogP contribution in [0.5, 0.6) is 0 Å². The highest BCUT2D eigenvalue weighted by Gasteiger charge is 2.18. The Hall–Kier alpha value is -0.290. The number of nitrogens with zero attached hydrogens (tertiary/aromatic N) is 1. The van der Waals surface area contributed by atoms with Crippen LogP contribution in [0.2, 0.25) is 10.0 Å². The van der Waals surface area contributed by atoms with Crippen molar-refractivity contribution in [2.75, 3.05) is 13.6 Å². The van der Waals surface area contributed by atoms with Crippen molar-refractivity contribution in [3.05, 3.63) is 33.8 Å². The van der Waals surface area contributed by atoms with Crippen LogP contribution in [0.4, 0.5) is 0 Å². The second-order valence-corrected chi connectivity index (χ2v) is 7.07. The van der Waals surface area contributed by atoms with Crippen LogP contribution in [0.25, 0.3) is 0 Å². The van der Waals surface area contributed by atoms with Gasteiger partial charge < -0.3 is 0 Å². The second kappa shape index (κ2) is 6.75. The molecule has 0 bridgehead atoms. The van der Waals surface area contributed by atoms with E-state index in [-0.39, 0.29) is 5.75 Å². The molecule has 0 amide bonds. The summed E-state index contributed by atoms with van der Waals surface area (Å²) in [5.41, 5.74) is 0.646. The Morgan fingerprint density at radius 1 is 1.22 bits per heavy atom. The van der Waals surface area contributed by atoms with E-state index in [1.165, 1.54) is 4.31 Å². The molecule has 18 heavy (non-hydrogen) atoms. The third-order valence-electron chi connectivity index (χ3n) is 2.63. The van der Waals surface area contributed by atoms with Gasteiger partial charge in [0.1, 0.15) is 0 Å². The van der Waals surface area contributed by atoms with Gasteiger partial charge in [-0.05, 0) is 24.1 Å². The minimum Gasteiger partial charge on any atom is -0.212 e. The van der Waals surface area contributed by atoms with Gasteiger partial charge in [-0.15, -0.1) is 0 Å². The maximum atomic E-state index is 12.1. The normalized spacial score (nSPS) is 12.1. The average molecular weight is 310 g/mol. The van der Waals surface area contributed by atoms with E-state index in [9.17, 15) is 8.42 Å². The highest BCUT2D eigenvalue weighted by molar-refractivity contribution is 7.88. The summed E-state index contributed by atoms with van der Waals surface area (Å²) in [5, 5.41) is 0.803. The minimum atomic E-state index is -3.28. The lowest BCUT2D eigenvalue weighted by Gasteiger charge is -2.16. The molecule has 1 aromatic rings. The number of hydrogen-bond donors (Lipinski definition) is 0. The number of benzene rings is 1. The molecule has 0 aliphatic rings. The van der Waals surface area contributed by atoms with Crippen molar-refractivity contribution >= 4 is 33.2 Å². The summed E-state index contributed by atoms with van der Waals surface area (Å²) < 4.78 is 25.5. The van der Waals surface area contributed by atoms with Crippen LogP contribution in [0.3, 0.4) is 0 Å². The van der Waals surface area contributed by atoms with Gasteiger partial charge >= 0.3 is 0 Å². The first-order chi connectivity index (χ1) is 8.36. The van der Waals surface area contributed by atoms with Gasteiger partial charge in [0, 0.05) is 13.6 Å². The zero-order chi connectivity index (χ0) is 13.8. The van der Waals surface area contributed by atoms with Gasteiger partial charge in [0.25, 0.3) is 0 Å². The SMILES string of the molecule is CCCCN(C)S(=O)(=O)Cc1ccc(Cl)c(Cl)c1. The summed E-state index contributed by atoms with van der Waals surface area (Å²) in [5.74, 6) is -0.0515. The van der Waals surface area contributed by atoms with Crippen LogP contribution in [0.15, 0.2) is 18.2 Å². The van der Waals surface area contributed by atoms with E-state index in [0.717, 1.165) is 12.8 Å². The number of halogens is 2. The van der Waals surface area contributed by atoms with Crippen molar-refractivity contribution < 1.29 is 8.42 Å². The molecule has 3 nitrogen and oxygen atoms in total. The van der Waals surface area contributed by atoms with E-state index in [4.69, 9.17) is 23.2 Å². The molecule has 0 saturated heterocycles. The molecule has 6 heteroatoms. The van der Waals surface area contributed by atoms with E-state index in [0.29, 0.717) is 22.2 Å². The molecule has 0 saturated carbocycles. The topological polar surface area (TPSA) is 37.4 Å². The fraction of sp³-hybridized carbons (Fsp3) is 0.500. The van der Waals surface area contributed by atoms with Gasteiger partial charge in [0.05, 0.1) is 15.8 Å². The number of rotatable bonds is 6. The van der Waals surface area contributed by atoms with Gasteiger partial charge in [-0.1, -0.05) is 42.6 Å². The van der Waals surface area contributed by atoms with Crippen molar-refractivity contribution in [3.8, 4) is 0 Å². The third-order valence-corrected chi connectivity index (χ3v) is 5.20. The average Bonchev–Trinajstić information content (AvgIpc) is 2.30. The summed E-state index contributed by atoms with van der Waals surface area (Å²) in [4.78, 5) is 0. The second-order valence-electron chi connectivity index (χ2n) is 4.18. The lowest BCUT2D eigenvalue weighted by Crippen LogP contribution is -2.29. The van der Waals surface area contributed by atoms with Gasteiger partial charge in [-0.2, -0.15) is 0 Å². The van der Waals surface area contributed by atoms with Gasteiger partial charge in [-0.3, -0.25) is 0 Å².